The molecule has 2 aromatic rings. The molecule has 1 aromatic heterocycles. The maximum absolute atomic E-state index is 5.36. The number of hydrogen-bond acceptors (Lipinski definition) is 3. The van der Waals surface area contributed by atoms with Crippen LogP contribution in [0.5, 0.6) is 0 Å². The van der Waals surface area contributed by atoms with E-state index >= 15 is 0 Å². The van der Waals surface area contributed by atoms with Crippen LogP contribution in [-0.2, 0) is 4.74 Å². The third-order valence-corrected chi connectivity index (χ3v) is 4.57. The second-order valence-corrected chi connectivity index (χ2v) is 6.07. The Hall–Kier alpha value is -1.39. The van der Waals surface area contributed by atoms with Gasteiger partial charge in [0, 0.05) is 5.39 Å². The molecule has 1 N–H and O–H groups in total. The fourth-order valence-electron chi connectivity index (χ4n) is 3.30. The predicted octanol–water partition coefficient (Wildman–Crippen LogP) is 2.38. The molecule has 4 rings (SSSR count). The number of piperidine rings is 1. The van der Waals surface area contributed by atoms with E-state index in [0.717, 1.165) is 26.3 Å². The lowest BCUT2D eigenvalue weighted by Crippen LogP contribution is -2.30. The molecule has 2 saturated heterocycles. The van der Waals surface area contributed by atoms with Crippen LogP contribution in [0.4, 0.5) is 0 Å². The average molecular weight is 271 g/mol. The van der Waals surface area contributed by atoms with Crippen molar-refractivity contribution in [3.05, 3.63) is 29.5 Å². The van der Waals surface area contributed by atoms with Gasteiger partial charge < -0.3 is 10.1 Å². The van der Waals surface area contributed by atoms with Crippen molar-refractivity contribution in [1.29, 1.82) is 0 Å². The number of hydrogen-bond donors (Lipinski definition) is 1. The maximum atomic E-state index is 5.36. The van der Waals surface area contributed by atoms with Gasteiger partial charge in [-0.1, -0.05) is 11.6 Å². The minimum absolute atomic E-state index is 0.488. The zero-order valence-corrected chi connectivity index (χ0v) is 11.9. The number of aromatic nitrogens is 2. The van der Waals surface area contributed by atoms with Crippen molar-refractivity contribution >= 4 is 10.9 Å². The Morgan fingerprint density at radius 1 is 1.25 bits per heavy atom. The molecule has 0 amide bonds. The minimum atomic E-state index is 0.488. The van der Waals surface area contributed by atoms with E-state index in [1.807, 2.05) is 0 Å². The molecule has 0 unspecified atom stereocenters. The summed E-state index contributed by atoms with van der Waals surface area (Å²) in [6.45, 7) is 6.00. The maximum Gasteiger partial charge on any atom is 0.0780 e. The molecule has 20 heavy (non-hydrogen) atoms. The van der Waals surface area contributed by atoms with Crippen LogP contribution in [0, 0.1) is 6.92 Å². The molecule has 4 nitrogen and oxygen atoms in total. The molecule has 4 heteroatoms. The number of ether oxygens (including phenoxy) is 1. The lowest BCUT2D eigenvalue weighted by Gasteiger charge is -2.25. The summed E-state index contributed by atoms with van der Waals surface area (Å²) in [5.74, 6) is 0.488. The first-order valence-corrected chi connectivity index (χ1v) is 7.60. The highest BCUT2D eigenvalue weighted by Gasteiger charge is 2.28. The van der Waals surface area contributed by atoms with E-state index in [9.17, 15) is 0 Å². The van der Waals surface area contributed by atoms with E-state index in [1.54, 1.807) is 0 Å². The Bertz CT molecular complexity index is 624. The lowest BCUT2D eigenvalue weighted by molar-refractivity contribution is 0.00689. The molecular formula is C16H21N3O. The highest BCUT2D eigenvalue weighted by Crippen LogP contribution is 2.33. The summed E-state index contributed by atoms with van der Waals surface area (Å²) < 4.78 is 7.64. The van der Waals surface area contributed by atoms with Gasteiger partial charge in [0.1, 0.15) is 0 Å². The monoisotopic (exact) mass is 271 g/mol. The van der Waals surface area contributed by atoms with E-state index in [4.69, 9.17) is 9.84 Å². The Morgan fingerprint density at radius 3 is 2.75 bits per heavy atom. The lowest BCUT2D eigenvalue weighted by atomic mass is 9.99. The molecule has 2 aliphatic heterocycles. The van der Waals surface area contributed by atoms with Gasteiger partial charge in [-0.05, 0) is 45.0 Å². The Balaban J connectivity index is 1.83. The van der Waals surface area contributed by atoms with E-state index in [2.05, 4.69) is 35.1 Å². The molecular weight excluding hydrogens is 250 g/mol. The summed E-state index contributed by atoms with van der Waals surface area (Å²) in [6, 6.07) is 7.26. The summed E-state index contributed by atoms with van der Waals surface area (Å²) in [4.78, 5) is 0. The van der Waals surface area contributed by atoms with Gasteiger partial charge in [0.25, 0.3) is 0 Å². The van der Waals surface area contributed by atoms with E-state index in [-0.39, 0.29) is 0 Å². The van der Waals surface area contributed by atoms with Crippen molar-refractivity contribution in [2.75, 3.05) is 26.3 Å². The Morgan fingerprint density at radius 2 is 2.05 bits per heavy atom. The highest BCUT2D eigenvalue weighted by atomic mass is 16.5. The number of benzene rings is 1. The van der Waals surface area contributed by atoms with Gasteiger partial charge in [0.2, 0.25) is 0 Å². The van der Waals surface area contributed by atoms with Gasteiger partial charge in [-0.2, -0.15) is 5.10 Å². The molecule has 0 radical (unpaired) electrons. The van der Waals surface area contributed by atoms with Gasteiger partial charge >= 0.3 is 0 Å². The molecule has 0 spiro atoms. The summed E-state index contributed by atoms with van der Waals surface area (Å²) in [5.41, 5.74) is 3.85. The van der Waals surface area contributed by atoms with Crippen molar-refractivity contribution < 1.29 is 4.74 Å². The van der Waals surface area contributed by atoms with Crippen LogP contribution in [0.25, 0.3) is 10.9 Å². The largest absolute Gasteiger partial charge is 0.380 e. The summed E-state index contributed by atoms with van der Waals surface area (Å²) in [6.07, 6.45) is 2.34. The summed E-state index contributed by atoms with van der Waals surface area (Å²) in [5, 5.41) is 9.75. The fourth-order valence-corrected chi connectivity index (χ4v) is 3.30. The molecule has 0 saturated carbocycles. The minimum Gasteiger partial charge on any atom is -0.380 e. The second-order valence-electron chi connectivity index (χ2n) is 6.07. The summed E-state index contributed by atoms with van der Waals surface area (Å²) in [7, 11) is 0. The van der Waals surface area contributed by atoms with Crippen molar-refractivity contribution in [1.82, 2.24) is 15.1 Å². The van der Waals surface area contributed by atoms with E-state index in [0.29, 0.717) is 12.0 Å². The predicted molar refractivity (Wildman–Crippen MR) is 79.2 cm³/mol. The number of nitrogens with zero attached hydrogens (tertiary/aromatic N) is 2. The van der Waals surface area contributed by atoms with Crippen LogP contribution in [0.1, 0.15) is 36.1 Å². The topological polar surface area (TPSA) is 39.1 Å². The first-order chi connectivity index (χ1) is 9.83. The number of aryl methyl sites for hydroxylation is 1. The van der Waals surface area contributed by atoms with Gasteiger partial charge in [-0.3, -0.25) is 4.68 Å². The smallest absolute Gasteiger partial charge is 0.0780 e. The van der Waals surface area contributed by atoms with Gasteiger partial charge in [0.15, 0.2) is 0 Å². The van der Waals surface area contributed by atoms with Crippen LogP contribution < -0.4 is 5.32 Å². The van der Waals surface area contributed by atoms with Crippen LogP contribution >= 0.6 is 0 Å². The van der Waals surface area contributed by atoms with Crippen molar-refractivity contribution in [2.24, 2.45) is 0 Å². The first-order valence-electron chi connectivity index (χ1n) is 7.60. The zero-order valence-electron chi connectivity index (χ0n) is 11.9. The fraction of sp³-hybridized carbons (Fsp3) is 0.562. The Labute approximate surface area is 119 Å². The molecule has 0 bridgehead atoms. The third-order valence-electron chi connectivity index (χ3n) is 4.57. The van der Waals surface area contributed by atoms with Gasteiger partial charge in [-0.15, -0.1) is 0 Å². The molecule has 3 heterocycles. The van der Waals surface area contributed by atoms with E-state index < -0.39 is 0 Å². The first kappa shape index (κ1) is 12.4. The van der Waals surface area contributed by atoms with Gasteiger partial charge in [0.05, 0.1) is 36.4 Å². The normalized spacial score (nSPS) is 21.2. The second kappa shape index (κ2) is 4.86. The standard InChI is InChI=1S/C16H21N3O/c1-11-2-3-15-14(8-11)16(12-9-20-10-12)18-19(15)13-4-6-17-7-5-13/h2-3,8,12-13,17H,4-7,9-10H2,1H3. The molecule has 106 valence electrons. The molecule has 0 aliphatic carbocycles. The SMILES string of the molecule is Cc1ccc2c(c1)c(C1COC1)nn2C1CCNCC1. The number of fused-ring (bicyclic) bond motifs is 1. The quantitative estimate of drug-likeness (QED) is 0.911. The molecule has 0 atom stereocenters. The van der Waals surface area contributed by atoms with Gasteiger partial charge in [-0.25, -0.2) is 0 Å². The van der Waals surface area contributed by atoms with Crippen LogP contribution in [-0.4, -0.2) is 36.1 Å². The highest BCUT2D eigenvalue weighted by molar-refractivity contribution is 5.83. The average Bonchev–Trinajstić information content (AvgIpc) is 2.77. The van der Waals surface area contributed by atoms with Crippen molar-refractivity contribution in [3.8, 4) is 0 Å². The van der Waals surface area contributed by atoms with Crippen LogP contribution in [0.2, 0.25) is 0 Å². The van der Waals surface area contributed by atoms with Crippen molar-refractivity contribution in [2.45, 2.75) is 31.7 Å². The summed E-state index contributed by atoms with van der Waals surface area (Å²) >= 11 is 0. The molecule has 2 fully saturated rings. The van der Waals surface area contributed by atoms with E-state index in [1.165, 1.54) is 35.0 Å². The molecule has 1 aromatic carbocycles. The number of nitrogens with one attached hydrogen (secondary N) is 1. The molecule has 2 aliphatic rings. The zero-order chi connectivity index (χ0) is 13.5. The van der Waals surface area contributed by atoms with Crippen molar-refractivity contribution in [3.63, 3.8) is 0 Å². The Kier molecular flexibility index (Phi) is 3.00. The van der Waals surface area contributed by atoms with Crippen LogP contribution in [0.15, 0.2) is 18.2 Å². The third kappa shape index (κ3) is 1.95. The number of rotatable bonds is 2. The van der Waals surface area contributed by atoms with Crippen LogP contribution in [0.3, 0.4) is 0 Å².